The molecule has 0 aromatic carbocycles. The summed E-state index contributed by atoms with van der Waals surface area (Å²) in [5.74, 6) is 0.661. The Morgan fingerprint density at radius 1 is 1.69 bits per heavy atom. The van der Waals surface area contributed by atoms with Crippen LogP contribution in [-0.4, -0.2) is 28.0 Å². The second-order valence-electron chi connectivity index (χ2n) is 2.69. The quantitative estimate of drug-likeness (QED) is 0.687. The van der Waals surface area contributed by atoms with Crippen molar-refractivity contribution in [2.24, 2.45) is 7.05 Å². The topological polar surface area (TPSA) is 73.9 Å². The molecule has 1 aromatic heterocycles. The number of aryl methyl sites for hydroxylation is 2. The first-order chi connectivity index (χ1) is 6.20. The maximum atomic E-state index is 8.81. The minimum absolute atomic E-state index is 0.0368. The molecular formula is C8H12N4O. The number of nitrogens with zero attached hydrogens (tertiary/aromatic N) is 3. The number of rotatable bonds is 3. The van der Waals surface area contributed by atoms with Crippen LogP contribution in [0.2, 0.25) is 0 Å². The molecule has 5 nitrogen and oxygen atoms in total. The van der Waals surface area contributed by atoms with Gasteiger partial charge in [-0.2, -0.15) is 10.4 Å². The van der Waals surface area contributed by atoms with E-state index in [4.69, 9.17) is 10.4 Å². The lowest BCUT2D eigenvalue weighted by Crippen LogP contribution is -2.10. The molecule has 70 valence electrons. The van der Waals surface area contributed by atoms with Crippen molar-refractivity contribution in [1.82, 2.24) is 9.78 Å². The van der Waals surface area contributed by atoms with E-state index in [9.17, 15) is 0 Å². The summed E-state index contributed by atoms with van der Waals surface area (Å²) in [5, 5.41) is 24.4. The fraction of sp³-hybridized carbons (Fsp3) is 0.500. The van der Waals surface area contributed by atoms with Gasteiger partial charge >= 0.3 is 0 Å². The number of nitriles is 1. The minimum Gasteiger partial charge on any atom is -0.395 e. The molecule has 0 saturated heterocycles. The Balaban J connectivity index is 2.97. The van der Waals surface area contributed by atoms with E-state index in [-0.39, 0.29) is 6.61 Å². The molecule has 0 unspecified atom stereocenters. The van der Waals surface area contributed by atoms with Gasteiger partial charge in [0.25, 0.3) is 0 Å². The maximum absolute atomic E-state index is 8.81. The lowest BCUT2D eigenvalue weighted by molar-refractivity contribution is 0.310. The van der Waals surface area contributed by atoms with Crippen molar-refractivity contribution in [2.45, 2.75) is 6.92 Å². The molecule has 0 amide bonds. The normalized spacial score (nSPS) is 9.69. The highest BCUT2D eigenvalue weighted by Crippen LogP contribution is 2.16. The highest BCUT2D eigenvalue weighted by Gasteiger charge is 2.11. The maximum Gasteiger partial charge on any atom is 0.142 e. The van der Waals surface area contributed by atoms with Crippen LogP contribution in [0.3, 0.4) is 0 Å². The van der Waals surface area contributed by atoms with E-state index in [2.05, 4.69) is 16.5 Å². The van der Waals surface area contributed by atoms with Gasteiger partial charge < -0.3 is 10.4 Å². The van der Waals surface area contributed by atoms with Crippen molar-refractivity contribution in [3.05, 3.63) is 11.3 Å². The minimum atomic E-state index is 0.0368. The molecule has 0 aliphatic carbocycles. The third-order valence-corrected chi connectivity index (χ3v) is 1.74. The van der Waals surface area contributed by atoms with E-state index < -0.39 is 0 Å². The summed E-state index contributed by atoms with van der Waals surface area (Å²) in [7, 11) is 1.76. The predicted octanol–water partition coefficient (Wildman–Crippen LogP) is 0.00440. The Morgan fingerprint density at radius 3 is 2.92 bits per heavy atom. The van der Waals surface area contributed by atoms with E-state index in [0.717, 1.165) is 0 Å². The highest BCUT2D eigenvalue weighted by molar-refractivity contribution is 5.54. The first-order valence-electron chi connectivity index (χ1n) is 3.99. The van der Waals surface area contributed by atoms with Crippen molar-refractivity contribution in [3.8, 4) is 6.07 Å². The van der Waals surface area contributed by atoms with E-state index >= 15 is 0 Å². The fourth-order valence-electron chi connectivity index (χ4n) is 1.17. The van der Waals surface area contributed by atoms with Gasteiger partial charge in [0, 0.05) is 13.6 Å². The van der Waals surface area contributed by atoms with Gasteiger partial charge in [-0.1, -0.05) is 0 Å². The summed E-state index contributed by atoms with van der Waals surface area (Å²) in [6.07, 6.45) is 0. The summed E-state index contributed by atoms with van der Waals surface area (Å²) in [4.78, 5) is 0. The summed E-state index contributed by atoms with van der Waals surface area (Å²) >= 11 is 0. The SMILES string of the molecule is Cc1nn(C)c(NCCO)c1C#N. The summed E-state index contributed by atoms with van der Waals surface area (Å²) < 4.78 is 1.60. The van der Waals surface area contributed by atoms with Crippen LogP contribution in [0, 0.1) is 18.3 Å². The van der Waals surface area contributed by atoms with Crippen LogP contribution in [0.4, 0.5) is 5.82 Å². The van der Waals surface area contributed by atoms with Crippen LogP contribution < -0.4 is 5.32 Å². The second-order valence-corrected chi connectivity index (χ2v) is 2.69. The van der Waals surface area contributed by atoms with Crippen molar-refractivity contribution in [1.29, 1.82) is 5.26 Å². The lowest BCUT2D eigenvalue weighted by Gasteiger charge is -2.03. The summed E-state index contributed by atoms with van der Waals surface area (Å²) in [5.41, 5.74) is 1.24. The second kappa shape index (κ2) is 3.92. The standard InChI is InChI=1S/C8H12N4O/c1-6-7(5-9)8(10-3-4-13)12(2)11-6/h10,13H,3-4H2,1-2H3. The summed E-state index contributed by atoms with van der Waals surface area (Å²) in [6.45, 7) is 2.24. The van der Waals surface area contributed by atoms with Crippen molar-refractivity contribution >= 4 is 5.82 Å². The molecule has 0 radical (unpaired) electrons. The van der Waals surface area contributed by atoms with Crippen LogP contribution in [0.1, 0.15) is 11.3 Å². The molecular weight excluding hydrogens is 168 g/mol. The van der Waals surface area contributed by atoms with Crippen molar-refractivity contribution < 1.29 is 5.11 Å². The first kappa shape index (κ1) is 9.55. The molecule has 0 fully saturated rings. The van der Waals surface area contributed by atoms with Gasteiger partial charge in [-0.15, -0.1) is 0 Å². The average molecular weight is 180 g/mol. The zero-order valence-corrected chi connectivity index (χ0v) is 7.70. The van der Waals surface area contributed by atoms with Gasteiger partial charge in [-0.3, -0.25) is 4.68 Å². The Hall–Kier alpha value is -1.54. The van der Waals surface area contributed by atoms with E-state index in [0.29, 0.717) is 23.6 Å². The van der Waals surface area contributed by atoms with E-state index in [1.54, 1.807) is 18.7 Å². The molecule has 1 heterocycles. The lowest BCUT2D eigenvalue weighted by atomic mass is 10.2. The van der Waals surface area contributed by atoms with Gasteiger partial charge in [0.05, 0.1) is 12.3 Å². The third-order valence-electron chi connectivity index (χ3n) is 1.74. The Bertz CT molecular complexity index is 337. The fourth-order valence-corrected chi connectivity index (χ4v) is 1.17. The third kappa shape index (κ3) is 1.79. The molecule has 0 saturated carbocycles. The number of nitrogens with one attached hydrogen (secondary N) is 1. The zero-order chi connectivity index (χ0) is 9.84. The molecule has 0 spiro atoms. The Labute approximate surface area is 76.6 Å². The molecule has 1 aromatic rings. The molecule has 2 N–H and O–H groups in total. The van der Waals surface area contributed by atoms with Crippen molar-refractivity contribution in [3.63, 3.8) is 0 Å². The van der Waals surface area contributed by atoms with Gasteiger partial charge in [-0.05, 0) is 6.92 Å². The molecule has 0 aliphatic rings. The van der Waals surface area contributed by atoms with Crippen LogP contribution >= 0.6 is 0 Å². The van der Waals surface area contributed by atoms with Gasteiger partial charge in [0.2, 0.25) is 0 Å². The largest absolute Gasteiger partial charge is 0.395 e. The Morgan fingerprint density at radius 2 is 2.38 bits per heavy atom. The molecule has 0 aliphatic heterocycles. The average Bonchev–Trinajstić information content (AvgIpc) is 2.37. The van der Waals surface area contributed by atoms with E-state index in [1.165, 1.54) is 0 Å². The first-order valence-corrected chi connectivity index (χ1v) is 3.99. The smallest absolute Gasteiger partial charge is 0.142 e. The van der Waals surface area contributed by atoms with Crippen LogP contribution in [0.5, 0.6) is 0 Å². The number of aromatic nitrogens is 2. The molecule has 13 heavy (non-hydrogen) atoms. The number of hydrogen-bond acceptors (Lipinski definition) is 4. The highest BCUT2D eigenvalue weighted by atomic mass is 16.3. The zero-order valence-electron chi connectivity index (χ0n) is 7.70. The number of aliphatic hydroxyl groups is 1. The Kier molecular flexibility index (Phi) is 2.88. The van der Waals surface area contributed by atoms with E-state index in [1.807, 2.05) is 0 Å². The van der Waals surface area contributed by atoms with Gasteiger partial charge in [-0.25, -0.2) is 0 Å². The molecule has 0 atom stereocenters. The predicted molar refractivity (Wildman–Crippen MR) is 48.2 cm³/mol. The van der Waals surface area contributed by atoms with Gasteiger partial charge in [0.15, 0.2) is 0 Å². The van der Waals surface area contributed by atoms with Crippen LogP contribution in [0.25, 0.3) is 0 Å². The van der Waals surface area contributed by atoms with Crippen molar-refractivity contribution in [2.75, 3.05) is 18.5 Å². The van der Waals surface area contributed by atoms with Crippen LogP contribution in [-0.2, 0) is 7.05 Å². The molecule has 0 bridgehead atoms. The number of hydrogen-bond donors (Lipinski definition) is 2. The summed E-state index contributed by atoms with van der Waals surface area (Å²) in [6, 6.07) is 2.07. The van der Waals surface area contributed by atoms with Crippen LogP contribution in [0.15, 0.2) is 0 Å². The van der Waals surface area contributed by atoms with Gasteiger partial charge in [0.1, 0.15) is 17.5 Å². The monoisotopic (exact) mass is 180 g/mol. The number of anilines is 1. The molecule has 1 rings (SSSR count). The number of aliphatic hydroxyl groups excluding tert-OH is 1. The molecule has 5 heteroatoms.